The molecule has 1 N–H and O–H groups in total. The highest BCUT2D eigenvalue weighted by molar-refractivity contribution is 5.75. The lowest BCUT2D eigenvalue weighted by atomic mass is 10.2. The van der Waals surface area contributed by atoms with Crippen molar-refractivity contribution in [1.29, 1.82) is 0 Å². The van der Waals surface area contributed by atoms with Gasteiger partial charge in [0, 0.05) is 20.1 Å². The molecular formula is C11H21NO2. The molecule has 0 aliphatic heterocycles. The Bertz CT molecular complexity index is 167. The second-order valence-electron chi connectivity index (χ2n) is 3.11. The van der Waals surface area contributed by atoms with Crippen molar-refractivity contribution >= 4 is 5.91 Å². The molecule has 3 heteroatoms. The summed E-state index contributed by atoms with van der Waals surface area (Å²) in [5.41, 5.74) is 0. The van der Waals surface area contributed by atoms with Gasteiger partial charge in [0.15, 0.2) is 0 Å². The molecule has 14 heavy (non-hydrogen) atoms. The smallest absolute Gasteiger partial charge is 0.220 e. The van der Waals surface area contributed by atoms with E-state index < -0.39 is 0 Å². The molecule has 0 rings (SSSR count). The number of rotatable bonds is 8. The minimum Gasteiger partial charge on any atom is -0.383 e. The monoisotopic (exact) mass is 199 g/mol. The molecule has 0 aromatic carbocycles. The molecule has 0 atom stereocenters. The van der Waals surface area contributed by atoms with Gasteiger partial charge in [-0.05, 0) is 19.3 Å². The van der Waals surface area contributed by atoms with Crippen LogP contribution in [0.4, 0.5) is 0 Å². The second kappa shape index (κ2) is 10.3. The minimum absolute atomic E-state index is 0.118. The summed E-state index contributed by atoms with van der Waals surface area (Å²) >= 11 is 0. The van der Waals surface area contributed by atoms with E-state index in [0.29, 0.717) is 19.6 Å². The molecular weight excluding hydrogens is 178 g/mol. The topological polar surface area (TPSA) is 38.3 Å². The van der Waals surface area contributed by atoms with Gasteiger partial charge in [0.25, 0.3) is 0 Å². The number of nitrogens with one attached hydrogen (secondary N) is 1. The Morgan fingerprint density at radius 2 is 2.21 bits per heavy atom. The van der Waals surface area contributed by atoms with Crippen LogP contribution in [0, 0.1) is 0 Å². The van der Waals surface area contributed by atoms with Crippen LogP contribution >= 0.6 is 0 Å². The van der Waals surface area contributed by atoms with Gasteiger partial charge < -0.3 is 10.1 Å². The number of amides is 1. The first-order chi connectivity index (χ1) is 6.81. The van der Waals surface area contributed by atoms with Gasteiger partial charge in [-0.1, -0.05) is 19.1 Å². The molecule has 0 radical (unpaired) electrons. The average molecular weight is 199 g/mol. The van der Waals surface area contributed by atoms with Crippen molar-refractivity contribution in [3.05, 3.63) is 12.2 Å². The van der Waals surface area contributed by atoms with E-state index in [1.165, 1.54) is 0 Å². The van der Waals surface area contributed by atoms with E-state index in [1.54, 1.807) is 7.11 Å². The van der Waals surface area contributed by atoms with Crippen molar-refractivity contribution in [3.63, 3.8) is 0 Å². The van der Waals surface area contributed by atoms with E-state index in [0.717, 1.165) is 19.3 Å². The number of hydrogen-bond acceptors (Lipinski definition) is 2. The molecule has 0 aromatic rings. The molecule has 1 amide bonds. The first-order valence-corrected chi connectivity index (χ1v) is 5.22. The zero-order chi connectivity index (χ0) is 10.6. The van der Waals surface area contributed by atoms with E-state index in [1.807, 2.05) is 0 Å². The summed E-state index contributed by atoms with van der Waals surface area (Å²) < 4.78 is 4.82. The van der Waals surface area contributed by atoms with Crippen LogP contribution in [0.5, 0.6) is 0 Å². The van der Waals surface area contributed by atoms with Gasteiger partial charge >= 0.3 is 0 Å². The Hall–Kier alpha value is -0.830. The summed E-state index contributed by atoms with van der Waals surface area (Å²) in [4.78, 5) is 11.2. The van der Waals surface area contributed by atoms with Gasteiger partial charge in [-0.15, -0.1) is 0 Å². The van der Waals surface area contributed by atoms with Crippen LogP contribution in [0.15, 0.2) is 12.2 Å². The van der Waals surface area contributed by atoms with Crippen LogP contribution in [0.25, 0.3) is 0 Å². The number of carbonyl (C=O) groups excluding carboxylic acids is 1. The van der Waals surface area contributed by atoms with Gasteiger partial charge in [-0.25, -0.2) is 0 Å². The quantitative estimate of drug-likeness (QED) is 0.479. The summed E-state index contributed by atoms with van der Waals surface area (Å²) in [6.07, 6.45) is 7.85. The minimum atomic E-state index is 0.118. The lowest BCUT2D eigenvalue weighted by Gasteiger charge is -2.02. The summed E-state index contributed by atoms with van der Waals surface area (Å²) in [5.74, 6) is 0.118. The molecule has 0 saturated heterocycles. The normalized spacial score (nSPS) is 10.7. The highest BCUT2D eigenvalue weighted by Gasteiger charge is 1.97. The molecule has 0 aromatic heterocycles. The lowest BCUT2D eigenvalue weighted by Crippen LogP contribution is -2.26. The molecule has 0 unspecified atom stereocenters. The van der Waals surface area contributed by atoms with Gasteiger partial charge in [-0.3, -0.25) is 4.79 Å². The number of unbranched alkanes of at least 4 members (excludes halogenated alkanes) is 1. The van der Waals surface area contributed by atoms with Crippen LogP contribution in [0.1, 0.15) is 32.6 Å². The number of hydrogen-bond donors (Lipinski definition) is 1. The summed E-state index contributed by atoms with van der Waals surface area (Å²) in [7, 11) is 1.63. The summed E-state index contributed by atoms with van der Waals surface area (Å²) in [5, 5.41) is 2.79. The van der Waals surface area contributed by atoms with E-state index in [-0.39, 0.29) is 5.91 Å². The van der Waals surface area contributed by atoms with Gasteiger partial charge in [0.1, 0.15) is 0 Å². The molecule has 0 bridgehead atoms. The van der Waals surface area contributed by atoms with Crippen molar-refractivity contribution < 1.29 is 9.53 Å². The van der Waals surface area contributed by atoms with Crippen LogP contribution in [-0.4, -0.2) is 26.2 Å². The van der Waals surface area contributed by atoms with Gasteiger partial charge in [0.2, 0.25) is 5.91 Å². The number of ether oxygens (including phenoxy) is 1. The summed E-state index contributed by atoms with van der Waals surface area (Å²) in [6, 6.07) is 0. The molecule has 0 heterocycles. The SMILES string of the molecule is CC/C=C\CCCC(=O)NCCOC. The third kappa shape index (κ3) is 9.26. The van der Waals surface area contributed by atoms with E-state index >= 15 is 0 Å². The number of carbonyl (C=O) groups is 1. The van der Waals surface area contributed by atoms with Crippen molar-refractivity contribution in [2.45, 2.75) is 32.6 Å². The molecule has 0 saturated carbocycles. The van der Waals surface area contributed by atoms with Gasteiger partial charge in [0.05, 0.1) is 6.61 Å². The van der Waals surface area contributed by atoms with Crippen LogP contribution < -0.4 is 5.32 Å². The summed E-state index contributed by atoms with van der Waals surface area (Å²) in [6.45, 7) is 3.30. The van der Waals surface area contributed by atoms with Crippen molar-refractivity contribution in [1.82, 2.24) is 5.32 Å². The first kappa shape index (κ1) is 13.2. The Kier molecular flexibility index (Phi) is 9.64. The Morgan fingerprint density at radius 3 is 2.86 bits per heavy atom. The Balaban J connectivity index is 3.22. The highest BCUT2D eigenvalue weighted by atomic mass is 16.5. The van der Waals surface area contributed by atoms with E-state index in [2.05, 4.69) is 24.4 Å². The lowest BCUT2D eigenvalue weighted by molar-refractivity contribution is -0.121. The third-order valence-electron chi connectivity index (χ3n) is 1.81. The fourth-order valence-electron chi connectivity index (χ4n) is 1.05. The van der Waals surface area contributed by atoms with Crippen LogP contribution in [-0.2, 0) is 9.53 Å². The largest absolute Gasteiger partial charge is 0.383 e. The number of methoxy groups -OCH3 is 1. The fourth-order valence-corrected chi connectivity index (χ4v) is 1.05. The van der Waals surface area contributed by atoms with E-state index in [9.17, 15) is 4.79 Å². The second-order valence-corrected chi connectivity index (χ2v) is 3.11. The molecule has 82 valence electrons. The van der Waals surface area contributed by atoms with Crippen molar-refractivity contribution in [3.8, 4) is 0 Å². The average Bonchev–Trinajstić information content (AvgIpc) is 2.18. The molecule has 0 fully saturated rings. The maximum Gasteiger partial charge on any atom is 0.220 e. The van der Waals surface area contributed by atoms with Crippen molar-refractivity contribution in [2.75, 3.05) is 20.3 Å². The number of allylic oxidation sites excluding steroid dienone is 2. The zero-order valence-corrected chi connectivity index (χ0v) is 9.21. The van der Waals surface area contributed by atoms with Crippen molar-refractivity contribution in [2.24, 2.45) is 0 Å². The maximum atomic E-state index is 11.2. The van der Waals surface area contributed by atoms with Crippen LogP contribution in [0.2, 0.25) is 0 Å². The maximum absolute atomic E-state index is 11.2. The highest BCUT2D eigenvalue weighted by Crippen LogP contribution is 1.97. The molecule has 0 aliphatic rings. The molecule has 0 aliphatic carbocycles. The molecule has 0 spiro atoms. The molecule has 3 nitrogen and oxygen atoms in total. The Labute approximate surface area is 86.5 Å². The van der Waals surface area contributed by atoms with E-state index in [4.69, 9.17) is 4.74 Å². The predicted octanol–water partition coefficient (Wildman–Crippen LogP) is 1.89. The van der Waals surface area contributed by atoms with Crippen LogP contribution in [0.3, 0.4) is 0 Å². The zero-order valence-electron chi connectivity index (χ0n) is 9.21. The standard InChI is InChI=1S/C11H21NO2/c1-3-4-5-6-7-8-11(13)12-9-10-14-2/h4-5H,3,6-10H2,1-2H3,(H,12,13)/b5-4-. The predicted molar refractivity (Wildman–Crippen MR) is 58.2 cm³/mol. The Morgan fingerprint density at radius 1 is 1.43 bits per heavy atom. The third-order valence-corrected chi connectivity index (χ3v) is 1.81. The fraction of sp³-hybridized carbons (Fsp3) is 0.727. The van der Waals surface area contributed by atoms with Gasteiger partial charge in [-0.2, -0.15) is 0 Å². The first-order valence-electron chi connectivity index (χ1n) is 5.22.